The molecule has 1 rings (SSSR count). The number of carbonyl (C=O) groups is 1. The van der Waals surface area contributed by atoms with Crippen molar-refractivity contribution in [3.05, 3.63) is 33.9 Å². The second-order valence-electron chi connectivity index (χ2n) is 3.49. The van der Waals surface area contributed by atoms with Crippen molar-refractivity contribution in [2.24, 2.45) is 0 Å². The van der Waals surface area contributed by atoms with Crippen molar-refractivity contribution in [1.82, 2.24) is 0 Å². The van der Waals surface area contributed by atoms with E-state index in [0.29, 0.717) is 5.69 Å². The molecule has 0 saturated heterocycles. The van der Waals surface area contributed by atoms with Gasteiger partial charge in [-0.15, -0.1) is 0 Å². The van der Waals surface area contributed by atoms with Gasteiger partial charge in [-0.05, 0) is 13.0 Å². The number of anilines is 1. The molecule has 0 bridgehead atoms. The van der Waals surface area contributed by atoms with Gasteiger partial charge in [-0.1, -0.05) is 0 Å². The smallest absolute Gasteiger partial charge is 0.327 e. The standard InChI is InChI=1S/C11H11N3O4/c1-7(11(15)18-2)13-10-4-3-9(14(16)17)5-8(10)6-12/h3-5,7,13H,1-2H3. The average molecular weight is 249 g/mol. The first-order valence-electron chi connectivity index (χ1n) is 5.02. The number of non-ortho nitro benzene ring substituents is 1. The Morgan fingerprint density at radius 3 is 2.78 bits per heavy atom. The van der Waals surface area contributed by atoms with Crippen LogP contribution in [-0.4, -0.2) is 24.0 Å². The number of nitro benzene ring substituents is 1. The Kier molecular flexibility index (Phi) is 4.21. The molecule has 1 aromatic rings. The number of nitrogens with zero attached hydrogens (tertiary/aromatic N) is 2. The lowest BCUT2D eigenvalue weighted by molar-refractivity contribution is -0.384. The number of nitro groups is 1. The molecule has 1 unspecified atom stereocenters. The highest BCUT2D eigenvalue weighted by atomic mass is 16.6. The molecule has 0 aliphatic rings. The van der Waals surface area contributed by atoms with Crippen molar-refractivity contribution in [2.45, 2.75) is 13.0 Å². The fourth-order valence-corrected chi connectivity index (χ4v) is 1.33. The van der Waals surface area contributed by atoms with Crippen LogP contribution in [-0.2, 0) is 9.53 Å². The summed E-state index contributed by atoms with van der Waals surface area (Å²) < 4.78 is 4.53. The molecule has 0 fully saturated rings. The zero-order chi connectivity index (χ0) is 13.7. The summed E-state index contributed by atoms with van der Waals surface area (Å²) in [4.78, 5) is 21.2. The van der Waals surface area contributed by atoms with Crippen LogP contribution in [0, 0.1) is 21.4 Å². The number of benzene rings is 1. The predicted octanol–water partition coefficient (Wildman–Crippen LogP) is 1.44. The summed E-state index contributed by atoms with van der Waals surface area (Å²) in [6.07, 6.45) is 0. The highest BCUT2D eigenvalue weighted by Gasteiger charge is 2.16. The highest BCUT2D eigenvalue weighted by molar-refractivity contribution is 5.79. The first-order chi connectivity index (χ1) is 8.49. The van der Waals surface area contributed by atoms with Crippen LogP contribution in [0.4, 0.5) is 11.4 Å². The van der Waals surface area contributed by atoms with Crippen molar-refractivity contribution in [1.29, 1.82) is 5.26 Å². The van der Waals surface area contributed by atoms with E-state index >= 15 is 0 Å². The quantitative estimate of drug-likeness (QED) is 0.491. The molecule has 0 amide bonds. The second kappa shape index (κ2) is 5.63. The lowest BCUT2D eigenvalue weighted by Crippen LogP contribution is -2.27. The largest absolute Gasteiger partial charge is 0.467 e. The summed E-state index contributed by atoms with van der Waals surface area (Å²) in [5.74, 6) is -0.489. The number of nitrogens with one attached hydrogen (secondary N) is 1. The third kappa shape index (κ3) is 2.95. The number of carbonyl (C=O) groups excluding carboxylic acids is 1. The zero-order valence-electron chi connectivity index (χ0n) is 9.84. The zero-order valence-corrected chi connectivity index (χ0v) is 9.84. The van der Waals surface area contributed by atoms with Gasteiger partial charge >= 0.3 is 5.97 Å². The fraction of sp³-hybridized carbons (Fsp3) is 0.273. The number of rotatable bonds is 4. The van der Waals surface area contributed by atoms with Gasteiger partial charge in [-0.3, -0.25) is 10.1 Å². The Labute approximate surface area is 103 Å². The van der Waals surface area contributed by atoms with Gasteiger partial charge in [-0.25, -0.2) is 4.79 Å². The van der Waals surface area contributed by atoms with Gasteiger partial charge in [0, 0.05) is 12.1 Å². The SMILES string of the molecule is COC(=O)C(C)Nc1ccc([N+](=O)[O-])cc1C#N. The van der Waals surface area contributed by atoms with Crippen molar-refractivity contribution < 1.29 is 14.5 Å². The molecular weight excluding hydrogens is 238 g/mol. The minimum atomic E-state index is -0.649. The number of hydrogen-bond donors (Lipinski definition) is 1. The Morgan fingerprint density at radius 2 is 2.28 bits per heavy atom. The van der Waals surface area contributed by atoms with Crippen LogP contribution in [0.25, 0.3) is 0 Å². The number of hydrogen-bond acceptors (Lipinski definition) is 6. The molecule has 0 heterocycles. The molecule has 0 radical (unpaired) electrons. The van der Waals surface area contributed by atoms with Crippen LogP contribution in [0.3, 0.4) is 0 Å². The maximum absolute atomic E-state index is 11.2. The van der Waals surface area contributed by atoms with Gasteiger partial charge in [-0.2, -0.15) is 5.26 Å². The summed E-state index contributed by atoms with van der Waals surface area (Å²) in [5.41, 5.74) is 0.267. The van der Waals surface area contributed by atoms with Crippen molar-refractivity contribution in [2.75, 3.05) is 12.4 Å². The van der Waals surface area contributed by atoms with E-state index in [4.69, 9.17) is 5.26 Å². The maximum Gasteiger partial charge on any atom is 0.327 e. The van der Waals surface area contributed by atoms with Gasteiger partial charge in [0.05, 0.1) is 23.3 Å². The summed E-state index contributed by atoms with van der Waals surface area (Å²) in [5, 5.41) is 22.2. The topological polar surface area (TPSA) is 105 Å². The third-order valence-corrected chi connectivity index (χ3v) is 2.26. The molecule has 0 aromatic heterocycles. The lowest BCUT2D eigenvalue weighted by atomic mass is 10.1. The van der Waals surface area contributed by atoms with E-state index in [0.717, 1.165) is 6.07 Å². The number of nitriles is 1. The van der Waals surface area contributed by atoms with Gasteiger partial charge in [0.2, 0.25) is 0 Å². The number of ether oxygens (including phenoxy) is 1. The van der Waals surface area contributed by atoms with E-state index in [9.17, 15) is 14.9 Å². The summed E-state index contributed by atoms with van der Waals surface area (Å²) in [6.45, 7) is 1.56. The number of esters is 1. The molecule has 1 N–H and O–H groups in total. The van der Waals surface area contributed by atoms with Crippen LogP contribution < -0.4 is 5.32 Å². The minimum absolute atomic E-state index is 0.0972. The summed E-state index contributed by atoms with van der Waals surface area (Å²) >= 11 is 0. The van der Waals surface area contributed by atoms with E-state index in [1.807, 2.05) is 6.07 Å². The normalized spacial score (nSPS) is 11.2. The molecule has 18 heavy (non-hydrogen) atoms. The van der Waals surface area contributed by atoms with Crippen LogP contribution in [0.5, 0.6) is 0 Å². The van der Waals surface area contributed by atoms with Crippen LogP contribution in [0.2, 0.25) is 0 Å². The van der Waals surface area contributed by atoms with Crippen LogP contribution in [0.15, 0.2) is 18.2 Å². The van der Waals surface area contributed by atoms with Crippen molar-refractivity contribution in [3.8, 4) is 6.07 Å². The molecule has 7 heteroatoms. The van der Waals surface area contributed by atoms with Crippen LogP contribution in [0.1, 0.15) is 12.5 Å². The van der Waals surface area contributed by atoms with E-state index in [1.54, 1.807) is 6.92 Å². The second-order valence-corrected chi connectivity index (χ2v) is 3.49. The first kappa shape index (κ1) is 13.4. The molecule has 1 aromatic carbocycles. The summed E-state index contributed by atoms with van der Waals surface area (Å²) in [6, 6.07) is 4.97. The van der Waals surface area contributed by atoms with Crippen LogP contribution >= 0.6 is 0 Å². The molecule has 94 valence electrons. The van der Waals surface area contributed by atoms with Gasteiger partial charge < -0.3 is 10.1 Å². The number of methoxy groups -OCH3 is 1. The van der Waals surface area contributed by atoms with Crippen molar-refractivity contribution >= 4 is 17.3 Å². The monoisotopic (exact) mass is 249 g/mol. The highest BCUT2D eigenvalue weighted by Crippen LogP contribution is 2.22. The van der Waals surface area contributed by atoms with Gasteiger partial charge in [0.25, 0.3) is 5.69 Å². The fourth-order valence-electron chi connectivity index (χ4n) is 1.33. The van der Waals surface area contributed by atoms with Gasteiger partial charge in [0.1, 0.15) is 12.1 Å². The Balaban J connectivity index is 3.00. The predicted molar refractivity (Wildman–Crippen MR) is 62.9 cm³/mol. The molecule has 7 nitrogen and oxygen atoms in total. The molecule has 0 spiro atoms. The van der Waals surface area contributed by atoms with Gasteiger partial charge in [0.15, 0.2) is 0 Å². The average Bonchev–Trinajstić information content (AvgIpc) is 2.37. The molecule has 0 aliphatic carbocycles. The lowest BCUT2D eigenvalue weighted by Gasteiger charge is -2.13. The van der Waals surface area contributed by atoms with E-state index in [1.165, 1.54) is 19.2 Å². The Morgan fingerprint density at radius 1 is 1.61 bits per heavy atom. The molecule has 1 atom stereocenters. The molecule has 0 saturated carbocycles. The molecular formula is C11H11N3O4. The maximum atomic E-state index is 11.2. The van der Waals surface area contributed by atoms with E-state index in [-0.39, 0.29) is 11.3 Å². The van der Waals surface area contributed by atoms with Crippen molar-refractivity contribution in [3.63, 3.8) is 0 Å². The Bertz CT molecular complexity index is 522. The third-order valence-electron chi connectivity index (χ3n) is 2.26. The molecule has 0 aliphatic heterocycles. The Hall–Kier alpha value is -2.62. The van der Waals surface area contributed by atoms with E-state index < -0.39 is 16.9 Å². The first-order valence-corrected chi connectivity index (χ1v) is 5.02. The minimum Gasteiger partial charge on any atom is -0.467 e. The van der Waals surface area contributed by atoms with E-state index in [2.05, 4.69) is 10.1 Å². The summed E-state index contributed by atoms with van der Waals surface area (Å²) in [7, 11) is 1.25.